The van der Waals surface area contributed by atoms with Crippen molar-refractivity contribution in [3.8, 4) is 11.5 Å². The molecule has 0 aliphatic carbocycles. The van der Waals surface area contributed by atoms with Crippen molar-refractivity contribution in [2.75, 3.05) is 13.7 Å². The number of carbonyl (C=O) groups excluding carboxylic acids is 2. The van der Waals surface area contributed by atoms with Crippen LogP contribution in [0.25, 0.3) is 5.76 Å². The largest absolute Gasteiger partial charge is 0.507 e. The quantitative estimate of drug-likeness (QED) is 0.335. The number of aliphatic hydroxyl groups excluding tert-OH is 1. The van der Waals surface area contributed by atoms with Gasteiger partial charge in [-0.2, -0.15) is 0 Å². The molecule has 0 spiro atoms. The number of aliphatic hydroxyl groups is 1. The van der Waals surface area contributed by atoms with Crippen LogP contribution in [-0.2, 0) is 16.1 Å². The summed E-state index contributed by atoms with van der Waals surface area (Å²) in [6.07, 6.45) is 3.18. The third-order valence-electron chi connectivity index (χ3n) is 5.51. The Bertz CT molecular complexity index is 1210. The van der Waals surface area contributed by atoms with Crippen LogP contribution in [0.4, 0.5) is 0 Å². The summed E-state index contributed by atoms with van der Waals surface area (Å²) in [5.74, 6) is -0.516. The first kappa shape index (κ1) is 22.1. The zero-order valence-electron chi connectivity index (χ0n) is 18.4. The fourth-order valence-corrected chi connectivity index (χ4v) is 4.01. The molecule has 0 radical (unpaired) electrons. The van der Waals surface area contributed by atoms with Crippen molar-refractivity contribution in [1.82, 2.24) is 9.88 Å². The first-order valence-electron chi connectivity index (χ1n) is 10.6. The molecule has 2 heterocycles. The van der Waals surface area contributed by atoms with E-state index in [-0.39, 0.29) is 17.9 Å². The van der Waals surface area contributed by atoms with E-state index in [9.17, 15) is 14.7 Å². The van der Waals surface area contributed by atoms with Gasteiger partial charge in [0.15, 0.2) is 0 Å². The van der Waals surface area contributed by atoms with E-state index in [1.807, 2.05) is 25.1 Å². The summed E-state index contributed by atoms with van der Waals surface area (Å²) in [6, 6.07) is 16.8. The first-order valence-corrected chi connectivity index (χ1v) is 10.6. The lowest BCUT2D eigenvalue weighted by atomic mass is 9.95. The van der Waals surface area contributed by atoms with Crippen LogP contribution in [0.2, 0.25) is 0 Å². The monoisotopic (exact) mass is 444 g/mol. The molecular formula is C26H24N2O5. The Morgan fingerprint density at radius 1 is 1.06 bits per heavy atom. The van der Waals surface area contributed by atoms with E-state index in [1.54, 1.807) is 62.0 Å². The second-order valence-electron chi connectivity index (χ2n) is 7.48. The van der Waals surface area contributed by atoms with Gasteiger partial charge in [0.1, 0.15) is 17.3 Å². The zero-order valence-corrected chi connectivity index (χ0v) is 18.4. The number of pyridine rings is 1. The van der Waals surface area contributed by atoms with Crippen LogP contribution in [0.15, 0.2) is 78.6 Å². The van der Waals surface area contributed by atoms with Gasteiger partial charge in [-0.3, -0.25) is 14.6 Å². The Labute approximate surface area is 191 Å². The van der Waals surface area contributed by atoms with Crippen LogP contribution in [0.5, 0.6) is 11.5 Å². The van der Waals surface area contributed by atoms with E-state index < -0.39 is 17.7 Å². The Morgan fingerprint density at radius 3 is 2.55 bits per heavy atom. The van der Waals surface area contributed by atoms with Crippen LogP contribution in [0, 0.1) is 0 Å². The van der Waals surface area contributed by atoms with Gasteiger partial charge in [0.2, 0.25) is 0 Å². The molecule has 2 aromatic carbocycles. The van der Waals surface area contributed by atoms with Crippen molar-refractivity contribution in [2.24, 2.45) is 0 Å². The standard InChI is InChI=1S/C26H24N2O5/c1-3-33-20-9-6-8-18(15-20)24(29)22-23(17-11-13-27-14-12-17)28(26(31)25(22)30)16-19-7-4-5-10-21(19)32-2/h4-15,23,29H,3,16H2,1-2H3/b24-22-. The van der Waals surface area contributed by atoms with Crippen LogP contribution in [-0.4, -0.2) is 40.4 Å². The summed E-state index contributed by atoms with van der Waals surface area (Å²) in [7, 11) is 1.55. The summed E-state index contributed by atoms with van der Waals surface area (Å²) >= 11 is 0. The average molecular weight is 444 g/mol. The topological polar surface area (TPSA) is 89.0 Å². The van der Waals surface area contributed by atoms with Crippen LogP contribution in [0.1, 0.15) is 29.7 Å². The normalized spacial score (nSPS) is 17.3. The van der Waals surface area contributed by atoms with Crippen molar-refractivity contribution >= 4 is 17.4 Å². The van der Waals surface area contributed by atoms with Crippen molar-refractivity contribution < 1.29 is 24.2 Å². The number of rotatable bonds is 7. The maximum atomic E-state index is 13.2. The molecule has 7 nitrogen and oxygen atoms in total. The first-order chi connectivity index (χ1) is 16.0. The molecule has 1 amide bonds. The molecule has 1 fully saturated rings. The molecule has 1 unspecified atom stereocenters. The number of Topliss-reactive ketones (excluding diaryl/α,β-unsaturated/α-hetero) is 1. The number of nitrogens with zero attached hydrogens (tertiary/aromatic N) is 2. The van der Waals surface area contributed by atoms with Gasteiger partial charge in [0, 0.05) is 23.5 Å². The van der Waals surface area contributed by atoms with Crippen molar-refractivity contribution in [2.45, 2.75) is 19.5 Å². The highest BCUT2D eigenvalue weighted by Crippen LogP contribution is 2.41. The molecule has 0 saturated carbocycles. The number of methoxy groups -OCH3 is 1. The highest BCUT2D eigenvalue weighted by Gasteiger charge is 2.46. The highest BCUT2D eigenvalue weighted by atomic mass is 16.5. The summed E-state index contributed by atoms with van der Waals surface area (Å²) in [5, 5.41) is 11.2. The molecule has 3 aromatic rings. The molecule has 33 heavy (non-hydrogen) atoms. The summed E-state index contributed by atoms with van der Waals surface area (Å²) in [5.41, 5.74) is 1.84. The minimum absolute atomic E-state index is 0.0229. The van der Waals surface area contributed by atoms with Gasteiger partial charge in [-0.1, -0.05) is 30.3 Å². The Balaban J connectivity index is 1.84. The van der Waals surface area contributed by atoms with Gasteiger partial charge < -0.3 is 19.5 Å². The van der Waals surface area contributed by atoms with Crippen LogP contribution in [0.3, 0.4) is 0 Å². The molecule has 0 bridgehead atoms. The molecular weight excluding hydrogens is 420 g/mol. The number of hydrogen-bond donors (Lipinski definition) is 1. The van der Waals surface area contributed by atoms with Crippen LogP contribution < -0.4 is 9.47 Å². The summed E-state index contributed by atoms with van der Waals surface area (Å²) < 4.78 is 11.0. The maximum absolute atomic E-state index is 13.2. The van der Waals surface area contributed by atoms with Gasteiger partial charge in [-0.05, 0) is 42.8 Å². The predicted octanol–water partition coefficient (Wildman–Crippen LogP) is 4.11. The smallest absolute Gasteiger partial charge is 0.295 e. The van der Waals surface area contributed by atoms with Gasteiger partial charge in [0.05, 0.1) is 31.9 Å². The predicted molar refractivity (Wildman–Crippen MR) is 123 cm³/mol. The minimum Gasteiger partial charge on any atom is -0.507 e. The Kier molecular flexibility index (Phi) is 6.40. The van der Waals surface area contributed by atoms with E-state index in [4.69, 9.17) is 9.47 Å². The molecule has 168 valence electrons. The van der Waals surface area contributed by atoms with Crippen LogP contribution >= 0.6 is 0 Å². The molecule has 1 aromatic heterocycles. The fourth-order valence-electron chi connectivity index (χ4n) is 4.01. The maximum Gasteiger partial charge on any atom is 0.295 e. The number of amides is 1. The van der Waals surface area contributed by atoms with Crippen molar-refractivity contribution in [1.29, 1.82) is 0 Å². The molecule has 1 N–H and O–H groups in total. The zero-order chi connectivity index (χ0) is 23.4. The number of para-hydroxylation sites is 1. The third kappa shape index (κ3) is 4.30. The van der Waals surface area contributed by atoms with E-state index in [2.05, 4.69) is 4.98 Å². The molecule has 4 rings (SSSR count). The van der Waals surface area contributed by atoms with Gasteiger partial charge >= 0.3 is 0 Å². The molecule has 1 atom stereocenters. The third-order valence-corrected chi connectivity index (χ3v) is 5.51. The van der Waals surface area contributed by atoms with E-state index in [1.165, 1.54) is 4.90 Å². The Morgan fingerprint density at radius 2 is 1.82 bits per heavy atom. The lowest BCUT2D eigenvalue weighted by molar-refractivity contribution is -0.140. The number of likely N-dealkylation sites (tertiary alicyclic amines) is 1. The summed E-state index contributed by atoms with van der Waals surface area (Å²) in [4.78, 5) is 31.8. The van der Waals surface area contributed by atoms with Crippen molar-refractivity contribution in [3.05, 3.63) is 95.3 Å². The highest BCUT2D eigenvalue weighted by molar-refractivity contribution is 6.46. The van der Waals surface area contributed by atoms with E-state index >= 15 is 0 Å². The van der Waals surface area contributed by atoms with Gasteiger partial charge in [-0.25, -0.2) is 0 Å². The van der Waals surface area contributed by atoms with Crippen molar-refractivity contribution in [3.63, 3.8) is 0 Å². The number of benzene rings is 2. The molecule has 1 aliphatic heterocycles. The van der Waals surface area contributed by atoms with Gasteiger partial charge in [-0.15, -0.1) is 0 Å². The van der Waals surface area contributed by atoms with E-state index in [0.29, 0.717) is 29.2 Å². The molecule has 1 saturated heterocycles. The number of hydrogen-bond acceptors (Lipinski definition) is 6. The summed E-state index contributed by atoms with van der Waals surface area (Å²) in [6.45, 7) is 2.46. The number of carbonyl (C=O) groups is 2. The molecule has 7 heteroatoms. The SMILES string of the molecule is CCOc1cccc(/C(O)=C2/C(=O)C(=O)N(Cc3ccccc3OC)C2c2ccncc2)c1. The fraction of sp³-hybridized carbons (Fsp3) is 0.192. The second-order valence-corrected chi connectivity index (χ2v) is 7.48. The lowest BCUT2D eigenvalue weighted by Crippen LogP contribution is -2.29. The van der Waals surface area contributed by atoms with Gasteiger partial charge in [0.25, 0.3) is 11.7 Å². The average Bonchev–Trinajstić information content (AvgIpc) is 3.10. The number of ketones is 1. The molecule has 1 aliphatic rings. The second kappa shape index (κ2) is 9.56. The minimum atomic E-state index is -0.784. The van der Waals surface area contributed by atoms with E-state index in [0.717, 1.165) is 5.56 Å². The Hall–Kier alpha value is -4.13. The lowest BCUT2D eigenvalue weighted by Gasteiger charge is -2.26. The number of ether oxygens (including phenoxy) is 2. The number of aromatic nitrogens is 1.